The summed E-state index contributed by atoms with van der Waals surface area (Å²) in [4.78, 5) is 28.4. The third-order valence-electron chi connectivity index (χ3n) is 3.54. The van der Waals surface area contributed by atoms with Gasteiger partial charge >= 0.3 is 5.97 Å². The number of hydrogen-bond acceptors (Lipinski definition) is 4. The van der Waals surface area contributed by atoms with Crippen molar-refractivity contribution in [2.75, 3.05) is 11.9 Å². The van der Waals surface area contributed by atoms with Crippen LogP contribution in [0.15, 0.2) is 60.8 Å². The molecule has 120 valence electrons. The van der Waals surface area contributed by atoms with E-state index in [4.69, 9.17) is 4.74 Å². The van der Waals surface area contributed by atoms with Crippen molar-refractivity contribution in [2.24, 2.45) is 0 Å². The first kappa shape index (κ1) is 15.7. The topological polar surface area (TPSA) is 68.3 Å². The second-order valence-corrected chi connectivity index (χ2v) is 5.13. The molecular formula is C19H16N2O3. The zero-order valence-corrected chi connectivity index (χ0v) is 13.2. The molecule has 0 saturated heterocycles. The van der Waals surface area contributed by atoms with Crippen LogP contribution in [0.3, 0.4) is 0 Å². The molecule has 0 aliphatic rings. The molecule has 0 radical (unpaired) electrons. The minimum atomic E-state index is -0.379. The Kier molecular flexibility index (Phi) is 4.52. The van der Waals surface area contributed by atoms with Crippen molar-refractivity contribution in [3.05, 3.63) is 71.9 Å². The van der Waals surface area contributed by atoms with Gasteiger partial charge in [-0.2, -0.15) is 0 Å². The molecule has 0 fully saturated rings. The second kappa shape index (κ2) is 6.91. The Hall–Kier alpha value is -3.21. The summed E-state index contributed by atoms with van der Waals surface area (Å²) in [5.41, 5.74) is 2.37. The average Bonchev–Trinajstić information content (AvgIpc) is 2.62. The van der Waals surface area contributed by atoms with Gasteiger partial charge in [0.1, 0.15) is 0 Å². The molecule has 0 spiro atoms. The molecule has 1 N–H and O–H groups in total. The molecule has 24 heavy (non-hydrogen) atoms. The molecule has 3 rings (SSSR count). The van der Waals surface area contributed by atoms with Crippen LogP contribution in [0.5, 0.6) is 0 Å². The van der Waals surface area contributed by atoms with Crippen molar-refractivity contribution in [1.82, 2.24) is 4.98 Å². The Morgan fingerprint density at radius 3 is 2.58 bits per heavy atom. The Morgan fingerprint density at radius 2 is 1.83 bits per heavy atom. The minimum Gasteiger partial charge on any atom is -0.462 e. The molecule has 2 aromatic carbocycles. The van der Waals surface area contributed by atoms with Crippen LogP contribution in [-0.2, 0) is 4.74 Å². The van der Waals surface area contributed by atoms with Gasteiger partial charge in [-0.1, -0.05) is 12.1 Å². The number of carbonyl (C=O) groups excluding carboxylic acids is 2. The number of anilines is 1. The Bertz CT molecular complexity index is 883. The first-order valence-electron chi connectivity index (χ1n) is 7.61. The number of rotatable bonds is 4. The Labute approximate surface area is 139 Å². The average molecular weight is 320 g/mol. The molecule has 0 unspecified atom stereocenters. The number of hydrogen-bond donors (Lipinski definition) is 1. The van der Waals surface area contributed by atoms with E-state index in [0.29, 0.717) is 23.4 Å². The Morgan fingerprint density at radius 1 is 1.04 bits per heavy atom. The van der Waals surface area contributed by atoms with Crippen LogP contribution in [0.25, 0.3) is 10.9 Å². The number of nitrogens with zero attached hydrogens (tertiary/aromatic N) is 1. The van der Waals surface area contributed by atoms with Gasteiger partial charge in [0.05, 0.1) is 17.7 Å². The lowest BCUT2D eigenvalue weighted by Crippen LogP contribution is -2.12. The SMILES string of the molecule is CCOC(=O)c1ccc(NC(=O)c2cccc3ncccc23)cc1. The molecule has 0 aliphatic heterocycles. The summed E-state index contributed by atoms with van der Waals surface area (Å²) >= 11 is 0. The maximum atomic E-state index is 12.5. The largest absolute Gasteiger partial charge is 0.462 e. The number of nitrogens with one attached hydrogen (secondary N) is 1. The lowest BCUT2D eigenvalue weighted by molar-refractivity contribution is 0.0526. The first-order chi connectivity index (χ1) is 11.7. The molecule has 1 aromatic heterocycles. The fraction of sp³-hybridized carbons (Fsp3) is 0.105. The molecule has 5 heteroatoms. The van der Waals surface area contributed by atoms with Gasteiger partial charge in [0.2, 0.25) is 0 Å². The highest BCUT2D eigenvalue weighted by Crippen LogP contribution is 2.18. The quantitative estimate of drug-likeness (QED) is 0.745. The molecule has 5 nitrogen and oxygen atoms in total. The molecule has 3 aromatic rings. The maximum Gasteiger partial charge on any atom is 0.338 e. The van der Waals surface area contributed by atoms with Gasteiger partial charge in [-0.05, 0) is 49.4 Å². The van der Waals surface area contributed by atoms with Gasteiger partial charge in [0, 0.05) is 22.8 Å². The molecule has 0 aliphatic carbocycles. The highest BCUT2D eigenvalue weighted by atomic mass is 16.5. The number of aromatic nitrogens is 1. The van der Waals surface area contributed by atoms with Crippen molar-refractivity contribution >= 4 is 28.5 Å². The highest BCUT2D eigenvalue weighted by Gasteiger charge is 2.11. The van der Waals surface area contributed by atoms with Crippen LogP contribution in [0.2, 0.25) is 0 Å². The van der Waals surface area contributed by atoms with Gasteiger partial charge < -0.3 is 10.1 Å². The molecule has 1 amide bonds. The zero-order chi connectivity index (χ0) is 16.9. The van der Waals surface area contributed by atoms with E-state index in [1.165, 1.54) is 0 Å². The lowest BCUT2D eigenvalue weighted by atomic mass is 10.1. The van der Waals surface area contributed by atoms with Crippen LogP contribution in [0.1, 0.15) is 27.6 Å². The minimum absolute atomic E-state index is 0.225. The summed E-state index contributed by atoms with van der Waals surface area (Å²) < 4.78 is 4.93. The predicted molar refractivity (Wildman–Crippen MR) is 92.1 cm³/mol. The molecule has 0 bridgehead atoms. The van der Waals surface area contributed by atoms with E-state index in [2.05, 4.69) is 10.3 Å². The van der Waals surface area contributed by atoms with E-state index in [1.807, 2.05) is 12.1 Å². The standard InChI is InChI=1S/C19H16N2O3/c1-2-24-19(23)13-8-10-14(11-9-13)21-18(22)16-5-3-7-17-15(16)6-4-12-20-17/h3-12H,2H2,1H3,(H,21,22). The van der Waals surface area contributed by atoms with Crippen LogP contribution < -0.4 is 5.32 Å². The normalized spacial score (nSPS) is 10.4. The van der Waals surface area contributed by atoms with Crippen molar-refractivity contribution in [2.45, 2.75) is 6.92 Å². The number of amides is 1. The fourth-order valence-corrected chi connectivity index (χ4v) is 2.40. The third-order valence-corrected chi connectivity index (χ3v) is 3.54. The Balaban J connectivity index is 1.80. The second-order valence-electron chi connectivity index (χ2n) is 5.13. The number of fused-ring (bicyclic) bond motifs is 1. The zero-order valence-electron chi connectivity index (χ0n) is 13.2. The summed E-state index contributed by atoms with van der Waals surface area (Å²) in [6.45, 7) is 2.08. The van der Waals surface area contributed by atoms with E-state index in [1.54, 1.807) is 55.6 Å². The van der Waals surface area contributed by atoms with Gasteiger partial charge in [0.25, 0.3) is 5.91 Å². The maximum absolute atomic E-state index is 12.5. The number of benzene rings is 2. The van der Waals surface area contributed by atoms with Gasteiger partial charge in [-0.15, -0.1) is 0 Å². The van der Waals surface area contributed by atoms with Crippen LogP contribution in [0, 0.1) is 0 Å². The summed E-state index contributed by atoms with van der Waals surface area (Å²) in [7, 11) is 0. The monoisotopic (exact) mass is 320 g/mol. The van der Waals surface area contributed by atoms with E-state index < -0.39 is 0 Å². The smallest absolute Gasteiger partial charge is 0.338 e. The van der Waals surface area contributed by atoms with Crippen molar-refractivity contribution in [3.8, 4) is 0 Å². The van der Waals surface area contributed by atoms with Gasteiger partial charge in [-0.25, -0.2) is 4.79 Å². The van der Waals surface area contributed by atoms with Crippen LogP contribution in [-0.4, -0.2) is 23.5 Å². The highest BCUT2D eigenvalue weighted by molar-refractivity contribution is 6.12. The predicted octanol–water partition coefficient (Wildman–Crippen LogP) is 3.66. The van der Waals surface area contributed by atoms with Crippen molar-refractivity contribution in [3.63, 3.8) is 0 Å². The fourth-order valence-electron chi connectivity index (χ4n) is 2.40. The first-order valence-corrected chi connectivity index (χ1v) is 7.61. The van der Waals surface area contributed by atoms with Crippen LogP contribution >= 0.6 is 0 Å². The molecule has 0 atom stereocenters. The number of carbonyl (C=O) groups is 2. The summed E-state index contributed by atoms with van der Waals surface area (Å²) in [6.07, 6.45) is 1.69. The van der Waals surface area contributed by atoms with Gasteiger partial charge in [0.15, 0.2) is 0 Å². The summed E-state index contributed by atoms with van der Waals surface area (Å²) in [5.74, 6) is -0.604. The number of esters is 1. The molecular weight excluding hydrogens is 304 g/mol. The van der Waals surface area contributed by atoms with Gasteiger partial charge in [-0.3, -0.25) is 9.78 Å². The van der Waals surface area contributed by atoms with E-state index in [9.17, 15) is 9.59 Å². The molecule has 1 heterocycles. The van der Waals surface area contributed by atoms with E-state index in [-0.39, 0.29) is 11.9 Å². The van der Waals surface area contributed by atoms with E-state index in [0.717, 1.165) is 10.9 Å². The van der Waals surface area contributed by atoms with Crippen molar-refractivity contribution in [1.29, 1.82) is 0 Å². The summed E-state index contributed by atoms with van der Waals surface area (Å²) in [5, 5.41) is 3.62. The third kappa shape index (κ3) is 3.25. The van der Waals surface area contributed by atoms with Crippen molar-refractivity contribution < 1.29 is 14.3 Å². The lowest BCUT2D eigenvalue weighted by Gasteiger charge is -2.08. The summed E-state index contributed by atoms with van der Waals surface area (Å²) in [6, 6.07) is 15.7. The number of pyridine rings is 1. The van der Waals surface area contributed by atoms with Crippen LogP contribution in [0.4, 0.5) is 5.69 Å². The number of ether oxygens (including phenoxy) is 1. The van der Waals surface area contributed by atoms with E-state index >= 15 is 0 Å². The molecule has 0 saturated carbocycles.